The summed E-state index contributed by atoms with van der Waals surface area (Å²) in [4.78, 5) is 0. The fourth-order valence-corrected chi connectivity index (χ4v) is 2.87. The Morgan fingerprint density at radius 3 is 2.50 bits per heavy atom. The molecule has 1 saturated heterocycles. The van der Waals surface area contributed by atoms with Gasteiger partial charge in [-0.05, 0) is 30.3 Å². The van der Waals surface area contributed by atoms with Gasteiger partial charge in [-0.2, -0.15) is 0 Å². The molecule has 1 atom stereocenters. The van der Waals surface area contributed by atoms with Crippen LogP contribution in [0.4, 0.5) is 0 Å². The van der Waals surface area contributed by atoms with Crippen LogP contribution in [0.3, 0.4) is 0 Å². The zero-order valence-corrected chi connectivity index (χ0v) is 13.9. The second-order valence-electron chi connectivity index (χ2n) is 5.79. The molecule has 3 nitrogen and oxygen atoms in total. The minimum Gasteiger partial charge on any atom is -0.352 e. The number of benzene rings is 2. The van der Waals surface area contributed by atoms with Gasteiger partial charge in [-0.1, -0.05) is 42.5 Å². The standard InChI is InChI=1S/C18H23NO2.ClH/c1-13(19-2)10-18-20-11-15(12-21-18)17-9-5-7-14-6-3-4-8-16(14)17;/h3-9,13,15,18-19H,10-12H2,1-2H3;1H. The van der Waals surface area contributed by atoms with E-state index in [0.29, 0.717) is 12.0 Å². The van der Waals surface area contributed by atoms with Gasteiger partial charge in [0, 0.05) is 18.4 Å². The van der Waals surface area contributed by atoms with Gasteiger partial charge in [-0.3, -0.25) is 0 Å². The van der Waals surface area contributed by atoms with Crippen LogP contribution in [0.15, 0.2) is 42.5 Å². The van der Waals surface area contributed by atoms with Gasteiger partial charge < -0.3 is 14.8 Å². The molecular weight excluding hydrogens is 298 g/mol. The number of ether oxygens (including phenoxy) is 2. The third kappa shape index (κ3) is 3.79. The molecule has 22 heavy (non-hydrogen) atoms. The molecule has 3 rings (SSSR count). The van der Waals surface area contributed by atoms with Crippen molar-refractivity contribution in [1.82, 2.24) is 5.32 Å². The first-order chi connectivity index (χ1) is 10.3. The Morgan fingerprint density at radius 1 is 1.09 bits per heavy atom. The quantitative estimate of drug-likeness (QED) is 0.931. The summed E-state index contributed by atoms with van der Waals surface area (Å²) in [5.41, 5.74) is 1.33. The molecular formula is C18H24ClNO2. The summed E-state index contributed by atoms with van der Waals surface area (Å²) in [5, 5.41) is 5.80. The predicted octanol–water partition coefficient (Wildman–Crippen LogP) is 3.72. The van der Waals surface area contributed by atoms with Crippen LogP contribution in [-0.4, -0.2) is 32.6 Å². The SMILES string of the molecule is CNC(C)CC1OCC(c2cccc3ccccc23)CO1.Cl. The van der Waals surface area contributed by atoms with E-state index in [0.717, 1.165) is 19.6 Å². The third-order valence-electron chi connectivity index (χ3n) is 4.27. The second kappa shape index (κ2) is 7.93. The lowest BCUT2D eigenvalue weighted by Crippen LogP contribution is -2.35. The molecule has 1 heterocycles. The van der Waals surface area contributed by atoms with Crippen LogP contribution in [0, 0.1) is 0 Å². The highest BCUT2D eigenvalue weighted by atomic mass is 35.5. The van der Waals surface area contributed by atoms with Crippen molar-refractivity contribution < 1.29 is 9.47 Å². The highest BCUT2D eigenvalue weighted by molar-refractivity contribution is 5.86. The van der Waals surface area contributed by atoms with E-state index >= 15 is 0 Å². The highest BCUT2D eigenvalue weighted by Crippen LogP contribution is 2.29. The van der Waals surface area contributed by atoms with Crippen molar-refractivity contribution in [1.29, 1.82) is 0 Å². The van der Waals surface area contributed by atoms with E-state index in [2.05, 4.69) is 54.7 Å². The molecule has 4 heteroatoms. The summed E-state index contributed by atoms with van der Waals surface area (Å²) in [6, 6.07) is 15.4. The Hall–Kier alpha value is -1.13. The maximum atomic E-state index is 5.90. The van der Waals surface area contributed by atoms with Gasteiger partial charge in [0.1, 0.15) is 0 Å². The van der Waals surface area contributed by atoms with Crippen molar-refractivity contribution in [2.45, 2.75) is 31.6 Å². The topological polar surface area (TPSA) is 30.5 Å². The molecule has 120 valence electrons. The third-order valence-corrected chi connectivity index (χ3v) is 4.27. The van der Waals surface area contributed by atoms with E-state index in [1.165, 1.54) is 16.3 Å². The van der Waals surface area contributed by atoms with E-state index in [1.54, 1.807) is 0 Å². The Morgan fingerprint density at radius 2 is 1.77 bits per heavy atom. The predicted molar refractivity (Wildman–Crippen MR) is 92.8 cm³/mol. The fraction of sp³-hybridized carbons (Fsp3) is 0.444. The number of hydrogen-bond acceptors (Lipinski definition) is 3. The van der Waals surface area contributed by atoms with Crippen molar-refractivity contribution in [3.8, 4) is 0 Å². The molecule has 0 amide bonds. The number of halogens is 1. The van der Waals surface area contributed by atoms with Gasteiger partial charge in [-0.25, -0.2) is 0 Å². The van der Waals surface area contributed by atoms with Crippen molar-refractivity contribution in [2.75, 3.05) is 20.3 Å². The van der Waals surface area contributed by atoms with Gasteiger partial charge >= 0.3 is 0 Å². The van der Waals surface area contributed by atoms with E-state index in [4.69, 9.17) is 9.47 Å². The zero-order valence-electron chi connectivity index (χ0n) is 13.1. The Balaban J connectivity index is 0.00000176. The first kappa shape index (κ1) is 17.2. The molecule has 2 aromatic carbocycles. The summed E-state index contributed by atoms with van der Waals surface area (Å²) >= 11 is 0. The van der Waals surface area contributed by atoms with Gasteiger partial charge in [0.2, 0.25) is 0 Å². The molecule has 0 spiro atoms. The minimum atomic E-state index is -0.0846. The smallest absolute Gasteiger partial charge is 0.159 e. The number of nitrogens with one attached hydrogen (secondary N) is 1. The van der Waals surface area contributed by atoms with Crippen LogP contribution in [0.1, 0.15) is 24.8 Å². The molecule has 0 aromatic heterocycles. The van der Waals surface area contributed by atoms with E-state index in [9.17, 15) is 0 Å². The lowest BCUT2D eigenvalue weighted by Gasteiger charge is -2.31. The molecule has 0 saturated carbocycles. The lowest BCUT2D eigenvalue weighted by atomic mass is 9.94. The minimum absolute atomic E-state index is 0. The average molecular weight is 322 g/mol. The van der Waals surface area contributed by atoms with E-state index in [-0.39, 0.29) is 18.7 Å². The average Bonchev–Trinajstić information content (AvgIpc) is 2.55. The Labute approximate surface area is 138 Å². The van der Waals surface area contributed by atoms with Crippen LogP contribution in [0.5, 0.6) is 0 Å². The molecule has 0 radical (unpaired) electrons. The normalized spacial score (nSPS) is 23.0. The summed E-state index contributed by atoms with van der Waals surface area (Å²) in [6.45, 7) is 3.60. The summed E-state index contributed by atoms with van der Waals surface area (Å²) in [5.74, 6) is 0.317. The van der Waals surface area contributed by atoms with Gasteiger partial charge in [0.15, 0.2) is 6.29 Å². The number of hydrogen-bond donors (Lipinski definition) is 1. The first-order valence-corrected chi connectivity index (χ1v) is 7.66. The monoisotopic (exact) mass is 321 g/mol. The van der Waals surface area contributed by atoms with Crippen LogP contribution in [0.2, 0.25) is 0 Å². The zero-order chi connectivity index (χ0) is 14.7. The maximum Gasteiger partial charge on any atom is 0.159 e. The van der Waals surface area contributed by atoms with Gasteiger partial charge in [0.05, 0.1) is 13.2 Å². The van der Waals surface area contributed by atoms with Crippen LogP contribution in [0.25, 0.3) is 10.8 Å². The van der Waals surface area contributed by atoms with Crippen molar-refractivity contribution in [3.05, 3.63) is 48.0 Å². The molecule has 2 aromatic rings. The Bertz CT molecular complexity index is 591. The van der Waals surface area contributed by atoms with Gasteiger partial charge in [0.25, 0.3) is 0 Å². The molecule has 0 aliphatic carbocycles. The second-order valence-corrected chi connectivity index (χ2v) is 5.79. The van der Waals surface area contributed by atoms with Gasteiger partial charge in [-0.15, -0.1) is 12.4 Å². The molecule has 1 aliphatic rings. The van der Waals surface area contributed by atoms with Crippen LogP contribution in [-0.2, 0) is 9.47 Å². The first-order valence-electron chi connectivity index (χ1n) is 7.66. The maximum absolute atomic E-state index is 5.90. The van der Waals surface area contributed by atoms with E-state index < -0.39 is 0 Å². The summed E-state index contributed by atoms with van der Waals surface area (Å²) in [6.07, 6.45) is 0.803. The lowest BCUT2D eigenvalue weighted by molar-refractivity contribution is -0.191. The highest BCUT2D eigenvalue weighted by Gasteiger charge is 2.25. The largest absolute Gasteiger partial charge is 0.352 e. The van der Waals surface area contributed by atoms with Crippen molar-refractivity contribution in [2.24, 2.45) is 0 Å². The molecule has 1 aliphatic heterocycles. The number of fused-ring (bicyclic) bond motifs is 1. The molecule has 0 bridgehead atoms. The van der Waals surface area contributed by atoms with Crippen molar-refractivity contribution >= 4 is 23.2 Å². The molecule has 1 fully saturated rings. The van der Waals surface area contributed by atoms with Crippen molar-refractivity contribution in [3.63, 3.8) is 0 Å². The summed E-state index contributed by atoms with van der Waals surface area (Å²) < 4.78 is 11.8. The van der Waals surface area contributed by atoms with Crippen LogP contribution < -0.4 is 5.32 Å². The van der Waals surface area contributed by atoms with Crippen LogP contribution >= 0.6 is 12.4 Å². The molecule has 1 unspecified atom stereocenters. The summed E-state index contributed by atoms with van der Waals surface area (Å²) in [7, 11) is 1.96. The fourth-order valence-electron chi connectivity index (χ4n) is 2.87. The Kier molecular flexibility index (Phi) is 6.21. The molecule has 1 N–H and O–H groups in total. The number of rotatable bonds is 4. The van der Waals surface area contributed by atoms with E-state index in [1.807, 2.05) is 7.05 Å².